The highest BCUT2D eigenvalue weighted by atomic mass is 16.5. The summed E-state index contributed by atoms with van der Waals surface area (Å²) in [5, 5.41) is 0. The molecule has 0 aliphatic heterocycles. The van der Waals surface area contributed by atoms with Crippen LogP contribution in [-0.4, -0.2) is 6.61 Å². The van der Waals surface area contributed by atoms with Crippen LogP contribution in [0.5, 0.6) is 0 Å². The lowest BCUT2D eigenvalue weighted by molar-refractivity contribution is 0.118. The van der Waals surface area contributed by atoms with Gasteiger partial charge in [0.15, 0.2) is 0 Å². The molecule has 0 aliphatic carbocycles. The standard InChI is InChI=1S/C12H19NO/c1-2-3-7-14-10-12-6-4-5-11(8-12)9-13/h4-6,8H,2-3,7,9-10,13H2,1H3. The molecular formula is C12H19NO. The summed E-state index contributed by atoms with van der Waals surface area (Å²) in [6.07, 6.45) is 2.32. The van der Waals surface area contributed by atoms with Crippen LogP contribution in [0.3, 0.4) is 0 Å². The van der Waals surface area contributed by atoms with Gasteiger partial charge in [0.1, 0.15) is 0 Å². The zero-order chi connectivity index (χ0) is 10.2. The summed E-state index contributed by atoms with van der Waals surface area (Å²) in [6, 6.07) is 8.24. The molecule has 0 aliphatic rings. The maximum Gasteiger partial charge on any atom is 0.0716 e. The fourth-order valence-electron chi connectivity index (χ4n) is 1.28. The SMILES string of the molecule is CCCCOCc1cccc(CN)c1. The summed E-state index contributed by atoms with van der Waals surface area (Å²) < 4.78 is 5.52. The van der Waals surface area contributed by atoms with Crippen LogP contribution in [0, 0.1) is 0 Å². The molecule has 2 nitrogen and oxygen atoms in total. The van der Waals surface area contributed by atoms with E-state index in [9.17, 15) is 0 Å². The van der Waals surface area contributed by atoms with Crippen LogP contribution in [0.4, 0.5) is 0 Å². The predicted molar refractivity (Wildman–Crippen MR) is 58.9 cm³/mol. The summed E-state index contributed by atoms with van der Waals surface area (Å²) in [6.45, 7) is 4.32. The van der Waals surface area contributed by atoms with Crippen LogP contribution >= 0.6 is 0 Å². The molecule has 0 spiro atoms. The molecular weight excluding hydrogens is 174 g/mol. The Labute approximate surface area is 86.1 Å². The average molecular weight is 193 g/mol. The van der Waals surface area contributed by atoms with Gasteiger partial charge in [-0.2, -0.15) is 0 Å². The van der Waals surface area contributed by atoms with Crippen LogP contribution < -0.4 is 5.73 Å². The molecule has 0 atom stereocenters. The molecule has 0 unspecified atom stereocenters. The Balaban J connectivity index is 2.34. The molecule has 1 aromatic carbocycles. The fraction of sp³-hybridized carbons (Fsp3) is 0.500. The number of unbranched alkanes of at least 4 members (excludes halogenated alkanes) is 1. The van der Waals surface area contributed by atoms with Gasteiger partial charge >= 0.3 is 0 Å². The van der Waals surface area contributed by atoms with Crippen LogP contribution in [0.1, 0.15) is 30.9 Å². The Kier molecular flexibility index (Phi) is 5.27. The van der Waals surface area contributed by atoms with E-state index in [1.165, 1.54) is 17.5 Å². The van der Waals surface area contributed by atoms with E-state index in [4.69, 9.17) is 10.5 Å². The van der Waals surface area contributed by atoms with Crippen LogP contribution in [0.25, 0.3) is 0 Å². The monoisotopic (exact) mass is 193 g/mol. The van der Waals surface area contributed by atoms with Gasteiger partial charge in [0.2, 0.25) is 0 Å². The first-order chi connectivity index (χ1) is 6.86. The van der Waals surface area contributed by atoms with Crippen LogP contribution in [-0.2, 0) is 17.9 Å². The van der Waals surface area contributed by atoms with Crippen molar-refractivity contribution in [3.8, 4) is 0 Å². The van der Waals surface area contributed by atoms with E-state index in [2.05, 4.69) is 19.1 Å². The van der Waals surface area contributed by atoms with E-state index in [0.29, 0.717) is 13.2 Å². The number of nitrogens with two attached hydrogens (primary N) is 1. The van der Waals surface area contributed by atoms with Gasteiger partial charge < -0.3 is 10.5 Å². The van der Waals surface area contributed by atoms with Gasteiger partial charge in [0.25, 0.3) is 0 Å². The van der Waals surface area contributed by atoms with Crippen molar-refractivity contribution in [3.63, 3.8) is 0 Å². The average Bonchev–Trinajstić information content (AvgIpc) is 2.25. The Morgan fingerprint density at radius 3 is 2.79 bits per heavy atom. The molecule has 0 bridgehead atoms. The maximum absolute atomic E-state index is 5.55. The lowest BCUT2D eigenvalue weighted by Gasteiger charge is -2.04. The first-order valence-electron chi connectivity index (χ1n) is 5.22. The van der Waals surface area contributed by atoms with Gasteiger partial charge in [-0.15, -0.1) is 0 Å². The lowest BCUT2D eigenvalue weighted by atomic mass is 10.1. The first-order valence-corrected chi connectivity index (χ1v) is 5.22. The lowest BCUT2D eigenvalue weighted by Crippen LogP contribution is -1.99. The second-order valence-electron chi connectivity index (χ2n) is 3.43. The van der Waals surface area contributed by atoms with Crippen molar-refractivity contribution < 1.29 is 4.74 Å². The molecule has 0 heterocycles. The number of benzene rings is 1. The highest BCUT2D eigenvalue weighted by Gasteiger charge is 1.94. The quantitative estimate of drug-likeness (QED) is 0.704. The summed E-state index contributed by atoms with van der Waals surface area (Å²) in [7, 11) is 0. The summed E-state index contributed by atoms with van der Waals surface area (Å²) in [5.41, 5.74) is 7.93. The van der Waals surface area contributed by atoms with E-state index in [1.54, 1.807) is 0 Å². The molecule has 0 saturated heterocycles. The Hall–Kier alpha value is -0.860. The number of rotatable bonds is 6. The van der Waals surface area contributed by atoms with Crippen LogP contribution in [0.15, 0.2) is 24.3 Å². The minimum Gasteiger partial charge on any atom is -0.377 e. The zero-order valence-corrected chi connectivity index (χ0v) is 8.83. The maximum atomic E-state index is 5.55. The van der Waals surface area contributed by atoms with E-state index in [1.807, 2.05) is 12.1 Å². The zero-order valence-electron chi connectivity index (χ0n) is 8.83. The summed E-state index contributed by atoms with van der Waals surface area (Å²) >= 11 is 0. The van der Waals surface area contributed by atoms with Gasteiger partial charge in [-0.05, 0) is 17.5 Å². The van der Waals surface area contributed by atoms with E-state index >= 15 is 0 Å². The molecule has 1 aromatic rings. The summed E-state index contributed by atoms with van der Waals surface area (Å²) in [4.78, 5) is 0. The van der Waals surface area contributed by atoms with Crippen molar-refractivity contribution in [1.29, 1.82) is 0 Å². The van der Waals surface area contributed by atoms with Crippen molar-refractivity contribution in [2.24, 2.45) is 5.73 Å². The largest absolute Gasteiger partial charge is 0.377 e. The predicted octanol–water partition coefficient (Wildman–Crippen LogP) is 2.46. The molecule has 2 N–H and O–H groups in total. The Morgan fingerprint density at radius 2 is 2.07 bits per heavy atom. The van der Waals surface area contributed by atoms with Crippen molar-refractivity contribution in [2.45, 2.75) is 32.9 Å². The fourth-order valence-corrected chi connectivity index (χ4v) is 1.28. The molecule has 0 amide bonds. The molecule has 2 heteroatoms. The van der Waals surface area contributed by atoms with Gasteiger partial charge in [0, 0.05) is 13.2 Å². The van der Waals surface area contributed by atoms with E-state index in [-0.39, 0.29) is 0 Å². The smallest absolute Gasteiger partial charge is 0.0716 e. The number of hydrogen-bond acceptors (Lipinski definition) is 2. The summed E-state index contributed by atoms with van der Waals surface area (Å²) in [5.74, 6) is 0. The van der Waals surface area contributed by atoms with Gasteiger partial charge in [-0.1, -0.05) is 37.6 Å². The normalized spacial score (nSPS) is 10.4. The van der Waals surface area contributed by atoms with Crippen molar-refractivity contribution in [1.82, 2.24) is 0 Å². The minimum absolute atomic E-state index is 0.600. The van der Waals surface area contributed by atoms with Crippen molar-refractivity contribution >= 4 is 0 Å². The highest BCUT2D eigenvalue weighted by Crippen LogP contribution is 2.06. The van der Waals surface area contributed by atoms with Crippen molar-refractivity contribution in [2.75, 3.05) is 6.61 Å². The van der Waals surface area contributed by atoms with E-state index in [0.717, 1.165) is 13.0 Å². The Morgan fingerprint density at radius 1 is 1.29 bits per heavy atom. The van der Waals surface area contributed by atoms with Crippen LogP contribution in [0.2, 0.25) is 0 Å². The third-order valence-electron chi connectivity index (χ3n) is 2.14. The van der Waals surface area contributed by atoms with Gasteiger partial charge in [-0.3, -0.25) is 0 Å². The molecule has 0 fully saturated rings. The molecule has 1 rings (SSSR count). The number of hydrogen-bond donors (Lipinski definition) is 1. The second-order valence-corrected chi connectivity index (χ2v) is 3.43. The molecule has 0 aromatic heterocycles. The third-order valence-corrected chi connectivity index (χ3v) is 2.14. The highest BCUT2D eigenvalue weighted by molar-refractivity contribution is 5.22. The Bertz CT molecular complexity index is 260. The minimum atomic E-state index is 0.600. The molecule has 78 valence electrons. The van der Waals surface area contributed by atoms with Gasteiger partial charge in [-0.25, -0.2) is 0 Å². The number of ether oxygens (including phenoxy) is 1. The third kappa shape index (κ3) is 3.90. The van der Waals surface area contributed by atoms with Gasteiger partial charge in [0.05, 0.1) is 6.61 Å². The van der Waals surface area contributed by atoms with E-state index < -0.39 is 0 Å². The first kappa shape index (κ1) is 11.2. The second kappa shape index (κ2) is 6.57. The molecule has 0 radical (unpaired) electrons. The molecule has 0 saturated carbocycles. The van der Waals surface area contributed by atoms with Crippen molar-refractivity contribution in [3.05, 3.63) is 35.4 Å². The topological polar surface area (TPSA) is 35.2 Å². The molecule has 14 heavy (non-hydrogen) atoms.